The van der Waals surface area contributed by atoms with Gasteiger partial charge in [0.15, 0.2) is 5.65 Å². The summed E-state index contributed by atoms with van der Waals surface area (Å²) in [6.07, 6.45) is 12.5. The fourth-order valence-electron chi connectivity index (χ4n) is 5.32. The van der Waals surface area contributed by atoms with E-state index in [1.54, 1.807) is 12.4 Å². The van der Waals surface area contributed by atoms with Crippen LogP contribution in [0.4, 0.5) is 0 Å². The molecule has 1 unspecified atom stereocenters. The molecule has 1 saturated carbocycles. The smallest absolute Gasteiger partial charge is 0.222 e. The molecule has 3 aromatic rings. The number of carbonyl (C=O) groups excluding carboxylic acids is 1. The lowest BCUT2D eigenvalue weighted by Crippen LogP contribution is -2.40. The number of amides is 1. The zero-order chi connectivity index (χ0) is 22.5. The van der Waals surface area contributed by atoms with Crippen LogP contribution >= 0.6 is 0 Å². The molecule has 3 heterocycles. The number of likely N-dealkylation sites (tertiary alicyclic amines) is 1. The predicted octanol–water partition coefficient (Wildman–Crippen LogP) is 4.58. The molecule has 1 amide bonds. The first kappa shape index (κ1) is 21.9. The van der Waals surface area contributed by atoms with Crippen LogP contribution in [0.2, 0.25) is 0 Å². The van der Waals surface area contributed by atoms with Gasteiger partial charge in [0.2, 0.25) is 5.91 Å². The molecule has 0 bridgehead atoms. The summed E-state index contributed by atoms with van der Waals surface area (Å²) in [7, 11) is 0. The van der Waals surface area contributed by atoms with E-state index >= 15 is 0 Å². The van der Waals surface area contributed by atoms with E-state index in [1.807, 2.05) is 35.0 Å². The van der Waals surface area contributed by atoms with Gasteiger partial charge >= 0.3 is 0 Å². The molecule has 0 radical (unpaired) electrons. The molecule has 2 fully saturated rings. The lowest BCUT2D eigenvalue weighted by Gasteiger charge is -2.33. The lowest BCUT2D eigenvalue weighted by molar-refractivity contribution is -0.133. The second-order valence-corrected chi connectivity index (χ2v) is 9.39. The monoisotopic (exact) mass is 447 g/mol. The van der Waals surface area contributed by atoms with E-state index in [1.165, 1.54) is 32.1 Å². The second kappa shape index (κ2) is 10.3. The van der Waals surface area contributed by atoms with E-state index in [0.717, 1.165) is 48.5 Å². The van der Waals surface area contributed by atoms with E-state index in [2.05, 4.69) is 14.9 Å². The van der Waals surface area contributed by atoms with Crippen LogP contribution < -0.4 is 4.74 Å². The summed E-state index contributed by atoms with van der Waals surface area (Å²) in [5.74, 6) is 1.93. The Morgan fingerprint density at radius 3 is 2.67 bits per heavy atom. The van der Waals surface area contributed by atoms with Crippen LogP contribution in [0.15, 0.2) is 42.7 Å². The predicted molar refractivity (Wildman–Crippen MR) is 127 cm³/mol. The minimum Gasteiger partial charge on any atom is -0.492 e. The lowest BCUT2D eigenvalue weighted by atomic mass is 9.86. The molecule has 0 N–H and O–H groups in total. The van der Waals surface area contributed by atoms with Gasteiger partial charge in [-0.15, -0.1) is 0 Å². The normalized spacial score (nSPS) is 19.6. The summed E-state index contributed by atoms with van der Waals surface area (Å²) in [5, 5.41) is 4.93. The molecular weight excluding hydrogens is 414 g/mol. The number of benzene rings is 1. The van der Waals surface area contributed by atoms with Gasteiger partial charge in [-0.1, -0.05) is 37.5 Å². The number of para-hydroxylation sites is 1. The highest BCUT2D eigenvalue weighted by Crippen LogP contribution is 2.32. The Morgan fingerprint density at radius 2 is 1.82 bits per heavy atom. The topological polar surface area (TPSA) is 73.1 Å². The Labute approximate surface area is 195 Å². The summed E-state index contributed by atoms with van der Waals surface area (Å²) < 4.78 is 7.78. The minimum absolute atomic E-state index is 0.199. The maximum Gasteiger partial charge on any atom is 0.222 e. The van der Waals surface area contributed by atoms with Crippen molar-refractivity contribution in [1.82, 2.24) is 24.6 Å². The number of piperidine rings is 1. The number of nitrogens with zero attached hydrogens (tertiary/aromatic N) is 5. The van der Waals surface area contributed by atoms with Crippen molar-refractivity contribution in [3.8, 4) is 5.75 Å². The fraction of sp³-hybridized carbons (Fsp3) is 0.538. The van der Waals surface area contributed by atoms with Crippen molar-refractivity contribution in [3.05, 3.63) is 48.4 Å². The van der Waals surface area contributed by atoms with E-state index < -0.39 is 0 Å². The highest BCUT2D eigenvalue weighted by Gasteiger charge is 2.30. The van der Waals surface area contributed by atoms with Crippen molar-refractivity contribution in [3.63, 3.8) is 0 Å². The number of aromatic nitrogens is 4. The minimum atomic E-state index is 0.199. The average Bonchev–Trinajstić information content (AvgIpc) is 3.24. The fourth-order valence-corrected chi connectivity index (χ4v) is 5.32. The quantitative estimate of drug-likeness (QED) is 0.530. The molecular formula is C26H33N5O2. The third kappa shape index (κ3) is 5.18. The van der Waals surface area contributed by atoms with Crippen LogP contribution in [-0.2, 0) is 11.3 Å². The van der Waals surface area contributed by atoms with Crippen LogP contribution in [0, 0.1) is 5.92 Å². The van der Waals surface area contributed by atoms with Gasteiger partial charge in [-0.05, 0) is 43.7 Å². The molecule has 0 spiro atoms. The first-order valence-electron chi connectivity index (χ1n) is 12.4. The molecule has 1 aromatic carbocycles. The first-order chi connectivity index (χ1) is 16.3. The van der Waals surface area contributed by atoms with Gasteiger partial charge < -0.3 is 9.64 Å². The van der Waals surface area contributed by atoms with Crippen molar-refractivity contribution >= 4 is 17.1 Å². The first-order valence-corrected chi connectivity index (χ1v) is 12.4. The Morgan fingerprint density at radius 1 is 1.00 bits per heavy atom. The second-order valence-electron chi connectivity index (χ2n) is 9.39. The Kier molecular flexibility index (Phi) is 6.84. The van der Waals surface area contributed by atoms with Crippen LogP contribution in [0.25, 0.3) is 11.2 Å². The van der Waals surface area contributed by atoms with Crippen molar-refractivity contribution in [2.24, 2.45) is 5.92 Å². The molecule has 1 saturated heterocycles. The Bertz CT molecular complexity index is 1060. The van der Waals surface area contributed by atoms with Crippen molar-refractivity contribution < 1.29 is 9.53 Å². The van der Waals surface area contributed by atoms with Gasteiger partial charge in [-0.3, -0.25) is 4.79 Å². The van der Waals surface area contributed by atoms with Gasteiger partial charge in [0.1, 0.15) is 17.9 Å². The summed E-state index contributed by atoms with van der Waals surface area (Å²) in [5.41, 5.74) is 2.60. The van der Waals surface area contributed by atoms with Crippen LogP contribution in [0.3, 0.4) is 0 Å². The molecule has 7 nitrogen and oxygen atoms in total. The third-order valence-electron chi connectivity index (χ3n) is 7.06. The number of ether oxygens (including phenoxy) is 1. The number of rotatable bonds is 7. The molecule has 174 valence electrons. The number of hydrogen-bond acceptors (Lipinski definition) is 5. The Hall–Kier alpha value is -2.96. The molecule has 5 rings (SSSR count). The van der Waals surface area contributed by atoms with Crippen molar-refractivity contribution in [1.29, 1.82) is 0 Å². The van der Waals surface area contributed by atoms with Crippen molar-refractivity contribution in [2.75, 3.05) is 19.7 Å². The standard InChI is InChI=1S/C26H33N5O2/c32-23(18-20-8-3-1-4-9-20)30-15-7-10-21(19-30)24-25-26(28-14-13-27-25)31(29-24)16-17-33-22-11-5-2-6-12-22/h2,5-6,11-14,20-21H,1,3-4,7-10,15-19H2. The number of hydrogen-bond donors (Lipinski definition) is 0. The van der Waals surface area contributed by atoms with Crippen LogP contribution in [-0.4, -0.2) is 50.3 Å². The maximum atomic E-state index is 13.0. The molecule has 1 aliphatic heterocycles. The zero-order valence-electron chi connectivity index (χ0n) is 19.2. The SMILES string of the molecule is O=C(CC1CCCCC1)N1CCCC(c2nn(CCOc3ccccc3)c3nccnc23)C1. The summed E-state index contributed by atoms with van der Waals surface area (Å²) >= 11 is 0. The van der Waals surface area contributed by atoms with Gasteiger partial charge in [0, 0.05) is 37.8 Å². The van der Waals surface area contributed by atoms with Crippen molar-refractivity contribution in [2.45, 2.75) is 63.8 Å². The van der Waals surface area contributed by atoms with Gasteiger partial charge in [0.05, 0.1) is 12.2 Å². The van der Waals surface area contributed by atoms with Gasteiger partial charge in [-0.2, -0.15) is 5.10 Å². The van der Waals surface area contributed by atoms with E-state index in [4.69, 9.17) is 9.84 Å². The molecule has 2 aliphatic rings. The van der Waals surface area contributed by atoms with Gasteiger partial charge in [-0.25, -0.2) is 14.6 Å². The molecule has 7 heteroatoms. The molecule has 2 aromatic heterocycles. The van der Waals surface area contributed by atoms with Crippen LogP contribution in [0.1, 0.15) is 63.0 Å². The van der Waals surface area contributed by atoms with E-state index in [9.17, 15) is 4.79 Å². The zero-order valence-corrected chi connectivity index (χ0v) is 19.2. The summed E-state index contributed by atoms with van der Waals surface area (Å²) in [4.78, 5) is 24.3. The molecule has 1 aliphatic carbocycles. The van der Waals surface area contributed by atoms with E-state index in [-0.39, 0.29) is 5.92 Å². The summed E-state index contributed by atoms with van der Waals surface area (Å²) in [6.45, 7) is 2.70. The van der Waals surface area contributed by atoms with Crippen LogP contribution in [0.5, 0.6) is 5.75 Å². The summed E-state index contributed by atoms with van der Waals surface area (Å²) in [6, 6.07) is 9.81. The largest absolute Gasteiger partial charge is 0.492 e. The maximum absolute atomic E-state index is 13.0. The highest BCUT2D eigenvalue weighted by atomic mass is 16.5. The Balaban J connectivity index is 1.27. The van der Waals surface area contributed by atoms with Gasteiger partial charge in [0.25, 0.3) is 0 Å². The highest BCUT2D eigenvalue weighted by molar-refractivity contribution is 5.77. The number of carbonyl (C=O) groups is 1. The average molecular weight is 448 g/mol. The van der Waals surface area contributed by atoms with E-state index in [0.29, 0.717) is 31.4 Å². The molecule has 33 heavy (non-hydrogen) atoms. The number of fused-ring (bicyclic) bond motifs is 1. The molecule has 1 atom stereocenters. The third-order valence-corrected chi connectivity index (χ3v) is 7.06.